The number of nitrogens with one attached hydrogen (secondary N) is 1. The van der Waals surface area contributed by atoms with E-state index in [2.05, 4.69) is 20.4 Å². The van der Waals surface area contributed by atoms with Crippen LogP contribution < -0.4 is 26.5 Å². The van der Waals surface area contributed by atoms with Crippen molar-refractivity contribution in [2.45, 2.75) is 44.0 Å². The van der Waals surface area contributed by atoms with Gasteiger partial charge in [-0.2, -0.15) is 4.57 Å². The van der Waals surface area contributed by atoms with Gasteiger partial charge in [-0.15, -0.1) is 11.8 Å². The van der Waals surface area contributed by atoms with E-state index in [1.807, 2.05) is 10.6 Å². The van der Waals surface area contributed by atoms with Crippen LogP contribution in [-0.4, -0.2) is 83.8 Å². The van der Waals surface area contributed by atoms with E-state index in [-0.39, 0.29) is 33.2 Å². The number of amides is 2. The van der Waals surface area contributed by atoms with Gasteiger partial charge in [-0.05, 0) is 19.9 Å². The number of carbonyl (C=O) groups excluding carboxylic acids is 3. The molecule has 2 unspecified atom stereocenters. The van der Waals surface area contributed by atoms with Crippen molar-refractivity contribution in [1.82, 2.24) is 24.8 Å². The van der Waals surface area contributed by atoms with Gasteiger partial charge in [0.05, 0.1) is 23.5 Å². The molecule has 6 N–H and O–H groups in total. The minimum Gasteiger partial charge on any atom is -0.543 e. The predicted molar refractivity (Wildman–Crippen MR) is 157 cm³/mol. The van der Waals surface area contributed by atoms with E-state index in [4.69, 9.17) is 33.0 Å². The zero-order chi connectivity index (χ0) is 31.7. The van der Waals surface area contributed by atoms with E-state index in [1.54, 1.807) is 23.3 Å². The molecule has 0 spiro atoms. The van der Waals surface area contributed by atoms with Crippen molar-refractivity contribution < 1.29 is 38.8 Å². The number of hydrogen-bond donors (Lipinski definition) is 4. The molecular formula is C25H26ClN9O7S2. The molecule has 19 heteroatoms. The van der Waals surface area contributed by atoms with Gasteiger partial charge in [-0.1, -0.05) is 28.1 Å². The number of fused-ring (bicyclic) bond motifs is 2. The van der Waals surface area contributed by atoms with Gasteiger partial charge in [0, 0.05) is 23.9 Å². The Morgan fingerprint density at radius 1 is 1.41 bits per heavy atom. The number of anilines is 1. The first kappa shape index (κ1) is 31.2. The molecule has 0 aromatic carbocycles. The number of carboxylic acids is 2. The van der Waals surface area contributed by atoms with Gasteiger partial charge >= 0.3 is 5.97 Å². The largest absolute Gasteiger partial charge is 0.543 e. The average molecular weight is 664 g/mol. The van der Waals surface area contributed by atoms with Gasteiger partial charge in [0.1, 0.15) is 21.4 Å². The third-order valence-corrected chi connectivity index (χ3v) is 9.24. The quantitative estimate of drug-likeness (QED) is 0.0763. The van der Waals surface area contributed by atoms with Crippen LogP contribution in [0.25, 0.3) is 11.0 Å². The first-order valence-corrected chi connectivity index (χ1v) is 15.4. The van der Waals surface area contributed by atoms with Crippen LogP contribution in [0.2, 0.25) is 4.34 Å². The zero-order valence-electron chi connectivity index (χ0n) is 23.0. The monoisotopic (exact) mass is 663 g/mol. The molecule has 16 nitrogen and oxygen atoms in total. The van der Waals surface area contributed by atoms with Crippen molar-refractivity contribution in [3.8, 4) is 0 Å². The Hall–Kier alpha value is -4.26. The van der Waals surface area contributed by atoms with Crippen molar-refractivity contribution in [2.75, 3.05) is 18.0 Å². The number of β-lactam (4-membered cyclic amide) rings is 1. The molecule has 0 bridgehead atoms. The summed E-state index contributed by atoms with van der Waals surface area (Å²) < 4.78 is 3.75. The lowest BCUT2D eigenvalue weighted by atomic mass is 10.0. The summed E-state index contributed by atoms with van der Waals surface area (Å²) in [4.78, 5) is 64.3. The molecule has 3 atom stereocenters. The maximum absolute atomic E-state index is 13.3. The molecule has 0 radical (unpaired) electrons. The van der Waals surface area contributed by atoms with Gasteiger partial charge in [0.25, 0.3) is 11.8 Å². The number of rotatable bonds is 12. The van der Waals surface area contributed by atoms with E-state index >= 15 is 0 Å². The first-order chi connectivity index (χ1) is 21.0. The van der Waals surface area contributed by atoms with E-state index in [1.165, 1.54) is 18.7 Å². The summed E-state index contributed by atoms with van der Waals surface area (Å²) in [6, 6.07) is 0.737. The summed E-state index contributed by atoms with van der Waals surface area (Å²) in [5, 5.41) is 26.8. The van der Waals surface area contributed by atoms with Crippen LogP contribution in [0.15, 0.2) is 41.2 Å². The molecule has 0 saturated carbocycles. The van der Waals surface area contributed by atoms with Crippen LogP contribution in [0, 0.1) is 0 Å². The fourth-order valence-corrected chi connectivity index (χ4v) is 6.91. The molecule has 0 aliphatic carbocycles. The van der Waals surface area contributed by atoms with Crippen LogP contribution in [0.1, 0.15) is 19.0 Å². The Kier molecular flexibility index (Phi) is 9.05. The number of aromatic nitrogens is 4. The van der Waals surface area contributed by atoms with Gasteiger partial charge in [0.2, 0.25) is 6.10 Å². The second-order valence-corrected chi connectivity index (χ2v) is 12.5. The smallest absolute Gasteiger partial charge is 0.347 e. The molecule has 3 aromatic heterocycles. The summed E-state index contributed by atoms with van der Waals surface area (Å²) >= 11 is 8.26. The van der Waals surface area contributed by atoms with Crippen molar-refractivity contribution in [3.05, 3.63) is 46.1 Å². The highest BCUT2D eigenvalue weighted by atomic mass is 35.5. The Morgan fingerprint density at radius 3 is 2.84 bits per heavy atom. The van der Waals surface area contributed by atoms with E-state index in [0.29, 0.717) is 17.6 Å². The number of carboxylic acid groups (broad SMARTS) is 2. The zero-order valence-corrected chi connectivity index (χ0v) is 25.4. The molecule has 5 heterocycles. The number of aryl methyl sites for hydroxylation is 1. The SMILES string of the molecule is C[C@H](O/N=C(\C(=O)NC1C(=O)N2C(C(=O)[O-])=C(C[n+]3ccc4c(c3)ncn4CCCN)CSC12)c1nc(N)sc1Cl)C(=O)O. The summed E-state index contributed by atoms with van der Waals surface area (Å²) in [6.45, 7) is 2.63. The van der Waals surface area contributed by atoms with E-state index in [9.17, 15) is 24.3 Å². The molecule has 2 aliphatic heterocycles. The van der Waals surface area contributed by atoms with Crippen LogP contribution >= 0.6 is 34.7 Å². The van der Waals surface area contributed by atoms with Gasteiger partial charge in [-0.3, -0.25) is 14.5 Å². The normalized spacial score (nSPS) is 19.0. The number of imidazole rings is 1. The summed E-state index contributed by atoms with van der Waals surface area (Å²) in [5.74, 6) is -4.27. The predicted octanol–water partition coefficient (Wildman–Crippen LogP) is -1.34. The van der Waals surface area contributed by atoms with Gasteiger partial charge < -0.3 is 41.2 Å². The molecule has 1 saturated heterocycles. The van der Waals surface area contributed by atoms with Gasteiger partial charge in [0.15, 0.2) is 35.3 Å². The van der Waals surface area contributed by atoms with Crippen molar-refractivity contribution in [2.24, 2.45) is 10.9 Å². The van der Waals surface area contributed by atoms with Crippen LogP contribution in [0.5, 0.6) is 0 Å². The number of carbonyl (C=O) groups is 4. The molecule has 2 aliphatic rings. The highest BCUT2D eigenvalue weighted by molar-refractivity contribution is 8.00. The highest BCUT2D eigenvalue weighted by Gasteiger charge is 2.53. The third kappa shape index (κ3) is 6.05. The fourth-order valence-electron chi connectivity index (χ4n) is 4.65. The molecular weight excluding hydrogens is 638 g/mol. The lowest BCUT2D eigenvalue weighted by Crippen LogP contribution is -2.71. The van der Waals surface area contributed by atoms with E-state index in [0.717, 1.165) is 34.7 Å². The minimum absolute atomic E-state index is 0.0126. The van der Waals surface area contributed by atoms with Crippen LogP contribution in [0.4, 0.5) is 5.13 Å². The Morgan fingerprint density at radius 2 is 2.18 bits per heavy atom. The number of aliphatic carboxylic acids is 2. The van der Waals surface area contributed by atoms with Crippen molar-refractivity contribution >= 4 is 80.3 Å². The number of oxime groups is 1. The third-order valence-electron chi connectivity index (χ3n) is 6.82. The summed E-state index contributed by atoms with van der Waals surface area (Å²) in [5.41, 5.74) is 12.4. The topological polar surface area (TPSA) is 235 Å². The molecule has 232 valence electrons. The minimum atomic E-state index is -1.53. The lowest BCUT2D eigenvalue weighted by molar-refractivity contribution is -0.687. The molecule has 1 fully saturated rings. The Bertz CT molecular complexity index is 1720. The number of nitrogens with zero attached hydrogens (tertiary/aromatic N) is 6. The summed E-state index contributed by atoms with van der Waals surface area (Å²) in [7, 11) is 0. The highest BCUT2D eigenvalue weighted by Crippen LogP contribution is 2.40. The number of pyridine rings is 1. The molecule has 3 aromatic rings. The van der Waals surface area contributed by atoms with Crippen LogP contribution in [-0.2, 0) is 37.1 Å². The standard InChI is InChI=1S/C25H26ClN9O7S2/c1-11(23(38)39)42-32-16(15-19(26)44-25(28)31-15)20(36)30-17-21(37)35-18(24(40)41)12(9-43-22(17)35)7-33-6-3-14-13(8-33)29-10-34(14)5-2-4-27/h3,6,8,10-11,17,22H,2,4-5,7,9,27H2,1H3,(H4-,28,30,31,36,38,39,40,41)/b32-16-/t11-,17?,22?/m0/s1. The number of thiazole rings is 1. The maximum atomic E-state index is 13.3. The van der Waals surface area contributed by atoms with Crippen LogP contribution in [0.3, 0.4) is 0 Å². The number of nitrogens with two attached hydrogens (primary N) is 2. The number of halogens is 1. The second kappa shape index (κ2) is 12.8. The Balaban J connectivity index is 1.35. The summed E-state index contributed by atoms with van der Waals surface area (Å²) in [6.07, 6.45) is 4.69. The lowest BCUT2D eigenvalue weighted by Gasteiger charge is -2.50. The van der Waals surface area contributed by atoms with Crippen molar-refractivity contribution in [3.63, 3.8) is 0 Å². The Labute approximate surface area is 262 Å². The molecule has 5 rings (SSSR count). The number of thioether (sulfide) groups is 1. The fraction of sp³-hybridized carbons (Fsp3) is 0.360. The van der Waals surface area contributed by atoms with E-state index < -0.39 is 47.0 Å². The molecule has 2 amide bonds. The van der Waals surface area contributed by atoms with Crippen molar-refractivity contribution in [1.29, 1.82) is 0 Å². The van der Waals surface area contributed by atoms with Gasteiger partial charge in [-0.25, -0.2) is 14.8 Å². The maximum Gasteiger partial charge on any atom is 0.347 e. The second-order valence-electron chi connectivity index (χ2n) is 9.77. The first-order valence-electron chi connectivity index (χ1n) is 13.1. The average Bonchev–Trinajstić information content (AvgIpc) is 3.55. The number of hydrogen-bond acceptors (Lipinski definition) is 13. The molecule has 44 heavy (non-hydrogen) atoms. The number of nitrogen functional groups attached to an aromatic ring is 1.